The Morgan fingerprint density at radius 1 is 1.38 bits per heavy atom. The molecule has 1 aliphatic rings. The van der Waals surface area contributed by atoms with Gasteiger partial charge in [-0.05, 0) is 52.5 Å². The van der Waals surface area contributed by atoms with Crippen molar-refractivity contribution < 1.29 is 9.53 Å². The van der Waals surface area contributed by atoms with Gasteiger partial charge in [0.2, 0.25) is 0 Å². The van der Waals surface area contributed by atoms with Gasteiger partial charge < -0.3 is 4.74 Å². The lowest BCUT2D eigenvalue weighted by atomic mass is 9.78. The highest BCUT2D eigenvalue weighted by Gasteiger charge is 2.24. The molecule has 2 rings (SSSR count). The second-order valence-electron chi connectivity index (χ2n) is 5.79. The molecule has 21 heavy (non-hydrogen) atoms. The summed E-state index contributed by atoms with van der Waals surface area (Å²) in [4.78, 5) is 11.2. The first kappa shape index (κ1) is 16.4. The maximum absolute atomic E-state index is 11.2. The van der Waals surface area contributed by atoms with Crippen molar-refractivity contribution in [3.8, 4) is 0 Å². The molecule has 3 heteroatoms. The summed E-state index contributed by atoms with van der Waals surface area (Å²) in [6.45, 7) is 3.50. The summed E-state index contributed by atoms with van der Waals surface area (Å²) < 4.78 is 6.94. The van der Waals surface area contributed by atoms with Crippen LogP contribution in [-0.2, 0) is 16.1 Å². The van der Waals surface area contributed by atoms with Crippen molar-refractivity contribution in [1.29, 1.82) is 0 Å². The van der Waals surface area contributed by atoms with E-state index in [9.17, 15) is 4.79 Å². The van der Waals surface area contributed by atoms with Crippen LogP contribution in [0.15, 0.2) is 52.1 Å². The normalized spacial score (nSPS) is 22.6. The fraction of sp³-hybridized carbons (Fsp3) is 0.389. The summed E-state index contributed by atoms with van der Waals surface area (Å²) in [6, 6.07) is 10.2. The molecule has 0 N–H and O–H groups in total. The lowest BCUT2D eigenvalue weighted by Crippen LogP contribution is -2.18. The molecule has 0 aromatic heterocycles. The first-order chi connectivity index (χ1) is 10.1. The molecule has 1 aliphatic carbocycles. The summed E-state index contributed by atoms with van der Waals surface area (Å²) in [5.41, 5.74) is 1.31. The maximum Gasteiger partial charge on any atom is 0.155 e. The second-order valence-corrected chi connectivity index (χ2v) is 7.17. The van der Waals surface area contributed by atoms with E-state index in [1.54, 1.807) is 6.08 Å². The third-order valence-corrected chi connectivity index (χ3v) is 4.51. The number of hydrogen-bond acceptors (Lipinski definition) is 2. The minimum atomic E-state index is 0.115. The average Bonchev–Trinajstić information content (AvgIpc) is 2.50. The number of ketones is 1. The average molecular weight is 396 g/mol. The molecule has 0 amide bonds. The number of carbonyl (C=O) groups excluding carboxylic acids is 1. The zero-order chi connectivity index (χ0) is 15.1. The van der Waals surface area contributed by atoms with E-state index in [1.165, 1.54) is 9.14 Å². The van der Waals surface area contributed by atoms with Crippen LogP contribution < -0.4 is 0 Å². The standard InChI is InChI=1S/C18H21IO2/c1-18(11-8-17(20)9-12-18)10-7-16(19)14-21-13-15-5-3-2-4-6-15/h2-8,11H,9-10,12-14H2,1H3/b16-7-. The molecule has 112 valence electrons. The van der Waals surface area contributed by atoms with Gasteiger partial charge in [0.15, 0.2) is 5.78 Å². The van der Waals surface area contributed by atoms with Gasteiger partial charge in [0.1, 0.15) is 0 Å². The second kappa shape index (κ2) is 7.90. The van der Waals surface area contributed by atoms with E-state index in [0.717, 1.165) is 12.8 Å². The molecule has 1 unspecified atom stereocenters. The summed E-state index contributed by atoms with van der Waals surface area (Å²) in [6.07, 6.45) is 8.59. The van der Waals surface area contributed by atoms with Gasteiger partial charge in [0.05, 0.1) is 13.2 Å². The lowest BCUT2D eigenvalue weighted by Gasteiger charge is -2.27. The van der Waals surface area contributed by atoms with Crippen molar-refractivity contribution in [3.05, 3.63) is 57.7 Å². The fourth-order valence-corrected chi connectivity index (χ4v) is 2.72. The molecule has 0 bridgehead atoms. The zero-order valence-corrected chi connectivity index (χ0v) is 14.5. The number of hydrogen-bond donors (Lipinski definition) is 0. The van der Waals surface area contributed by atoms with E-state index in [4.69, 9.17) is 4.74 Å². The minimum Gasteiger partial charge on any atom is -0.372 e. The van der Waals surface area contributed by atoms with Gasteiger partial charge in [0.25, 0.3) is 0 Å². The molecule has 0 saturated heterocycles. The molecule has 0 heterocycles. The van der Waals surface area contributed by atoms with E-state index < -0.39 is 0 Å². The molecule has 1 atom stereocenters. The topological polar surface area (TPSA) is 26.3 Å². The first-order valence-corrected chi connectivity index (χ1v) is 8.34. The van der Waals surface area contributed by atoms with E-state index in [0.29, 0.717) is 19.6 Å². The van der Waals surface area contributed by atoms with Crippen LogP contribution in [0.25, 0.3) is 0 Å². The zero-order valence-electron chi connectivity index (χ0n) is 12.3. The first-order valence-electron chi connectivity index (χ1n) is 7.26. The molecule has 1 aromatic carbocycles. The number of ether oxygens (including phenoxy) is 1. The Morgan fingerprint density at radius 3 is 2.81 bits per heavy atom. The highest BCUT2D eigenvalue weighted by molar-refractivity contribution is 14.1. The van der Waals surface area contributed by atoms with Crippen molar-refractivity contribution in [2.75, 3.05) is 6.61 Å². The summed E-state index contributed by atoms with van der Waals surface area (Å²) in [5.74, 6) is 0.248. The quantitative estimate of drug-likeness (QED) is 0.644. The minimum absolute atomic E-state index is 0.115. The number of allylic oxidation sites excluding steroid dienone is 3. The summed E-state index contributed by atoms with van der Waals surface area (Å²) in [7, 11) is 0. The molecule has 0 fully saturated rings. The van der Waals surface area contributed by atoms with Crippen LogP contribution in [-0.4, -0.2) is 12.4 Å². The Morgan fingerprint density at radius 2 is 2.14 bits per heavy atom. The van der Waals surface area contributed by atoms with Crippen molar-refractivity contribution >= 4 is 28.4 Å². The summed E-state index contributed by atoms with van der Waals surface area (Å²) in [5, 5.41) is 0. The molecule has 2 nitrogen and oxygen atoms in total. The molecule has 0 saturated carbocycles. The van der Waals surface area contributed by atoms with Crippen molar-refractivity contribution in [3.63, 3.8) is 0 Å². The van der Waals surface area contributed by atoms with Crippen LogP contribution in [0.5, 0.6) is 0 Å². The van der Waals surface area contributed by atoms with Gasteiger partial charge >= 0.3 is 0 Å². The summed E-state index contributed by atoms with van der Waals surface area (Å²) >= 11 is 2.34. The maximum atomic E-state index is 11.2. The lowest BCUT2D eigenvalue weighted by molar-refractivity contribution is -0.115. The van der Waals surface area contributed by atoms with Crippen molar-refractivity contribution in [2.24, 2.45) is 5.41 Å². The largest absolute Gasteiger partial charge is 0.372 e. The highest BCUT2D eigenvalue weighted by atomic mass is 127. The van der Waals surface area contributed by atoms with Crippen LogP contribution in [0, 0.1) is 5.41 Å². The van der Waals surface area contributed by atoms with E-state index in [2.05, 4.69) is 53.8 Å². The van der Waals surface area contributed by atoms with E-state index in [-0.39, 0.29) is 11.2 Å². The highest BCUT2D eigenvalue weighted by Crippen LogP contribution is 2.34. The van der Waals surface area contributed by atoms with Crippen LogP contribution in [0.2, 0.25) is 0 Å². The van der Waals surface area contributed by atoms with Gasteiger partial charge in [-0.15, -0.1) is 0 Å². The number of rotatable bonds is 6. The van der Waals surface area contributed by atoms with E-state index in [1.807, 2.05) is 18.2 Å². The molecule has 0 spiro atoms. The van der Waals surface area contributed by atoms with Gasteiger partial charge in [-0.25, -0.2) is 0 Å². The van der Waals surface area contributed by atoms with Crippen LogP contribution in [0.4, 0.5) is 0 Å². The van der Waals surface area contributed by atoms with Crippen LogP contribution >= 0.6 is 22.6 Å². The number of halogens is 1. The van der Waals surface area contributed by atoms with Gasteiger partial charge in [0, 0.05) is 10.0 Å². The Labute approximate surface area is 140 Å². The predicted molar refractivity (Wildman–Crippen MR) is 94.3 cm³/mol. The fourth-order valence-electron chi connectivity index (χ4n) is 2.28. The SMILES string of the molecule is CC1(C/C=C(\I)COCc2ccccc2)C=CC(=O)CC1. The molecular formula is C18H21IO2. The molecule has 0 aliphatic heterocycles. The third kappa shape index (κ3) is 5.75. The van der Waals surface area contributed by atoms with Crippen molar-refractivity contribution in [1.82, 2.24) is 0 Å². The van der Waals surface area contributed by atoms with E-state index >= 15 is 0 Å². The Bertz CT molecular complexity index is 533. The molecule has 1 aromatic rings. The van der Waals surface area contributed by atoms with Crippen LogP contribution in [0.3, 0.4) is 0 Å². The number of carbonyl (C=O) groups is 1. The Balaban J connectivity index is 1.76. The van der Waals surface area contributed by atoms with Gasteiger partial charge in [-0.3, -0.25) is 4.79 Å². The van der Waals surface area contributed by atoms with Gasteiger partial charge in [-0.1, -0.05) is 49.4 Å². The third-order valence-electron chi connectivity index (χ3n) is 3.76. The predicted octanol–water partition coefficient (Wildman–Crippen LogP) is 4.84. The Hall–Kier alpha value is -0.940. The molecule has 0 radical (unpaired) electrons. The van der Waals surface area contributed by atoms with Crippen LogP contribution in [0.1, 0.15) is 31.7 Å². The number of benzene rings is 1. The monoisotopic (exact) mass is 396 g/mol. The smallest absolute Gasteiger partial charge is 0.155 e. The van der Waals surface area contributed by atoms with Crippen molar-refractivity contribution in [2.45, 2.75) is 32.8 Å². The molecular weight excluding hydrogens is 375 g/mol. The Kier molecular flexibility index (Phi) is 6.18. The van der Waals surface area contributed by atoms with Gasteiger partial charge in [-0.2, -0.15) is 0 Å².